The summed E-state index contributed by atoms with van der Waals surface area (Å²) in [6, 6.07) is 8.83. The van der Waals surface area contributed by atoms with Crippen molar-refractivity contribution in [3.8, 4) is 0 Å². The standard InChI is InChI=1S/C16H12N4O5S/c21-13(8-26-16-19-18-12-3-1-2-4-20(12)16)17-11-6-9(14(22)23)5-10(7-11)15(24)25/h1-7H,8H2,(H,17,21)(H,22,23)(H,24,25). The Balaban J connectivity index is 1.71. The first-order valence-corrected chi connectivity index (χ1v) is 8.26. The van der Waals surface area contributed by atoms with Crippen molar-refractivity contribution in [2.75, 3.05) is 11.1 Å². The van der Waals surface area contributed by atoms with E-state index in [1.807, 2.05) is 12.1 Å². The number of aromatic nitrogens is 3. The first-order valence-electron chi connectivity index (χ1n) is 7.28. The van der Waals surface area contributed by atoms with Crippen LogP contribution in [0.4, 0.5) is 5.69 Å². The van der Waals surface area contributed by atoms with Crippen molar-refractivity contribution in [3.05, 3.63) is 53.7 Å². The summed E-state index contributed by atoms with van der Waals surface area (Å²) in [4.78, 5) is 34.3. The number of nitrogens with one attached hydrogen (secondary N) is 1. The van der Waals surface area contributed by atoms with Gasteiger partial charge in [0.15, 0.2) is 10.8 Å². The lowest BCUT2D eigenvalue weighted by atomic mass is 10.1. The Kier molecular flexibility index (Phi) is 4.85. The molecule has 1 amide bonds. The third-order valence-corrected chi connectivity index (χ3v) is 4.27. The fourth-order valence-electron chi connectivity index (χ4n) is 2.19. The van der Waals surface area contributed by atoms with Crippen LogP contribution in [-0.2, 0) is 4.79 Å². The number of carbonyl (C=O) groups is 3. The highest BCUT2D eigenvalue weighted by Gasteiger charge is 2.14. The molecular weight excluding hydrogens is 360 g/mol. The number of carbonyl (C=O) groups excluding carboxylic acids is 1. The summed E-state index contributed by atoms with van der Waals surface area (Å²) in [5.74, 6) is -3.00. The molecule has 0 aliphatic carbocycles. The second kappa shape index (κ2) is 7.23. The first kappa shape index (κ1) is 17.4. The lowest BCUT2D eigenvalue weighted by Gasteiger charge is -2.07. The second-order valence-corrected chi connectivity index (χ2v) is 6.10. The molecule has 0 bridgehead atoms. The summed E-state index contributed by atoms with van der Waals surface area (Å²) in [6.45, 7) is 0. The van der Waals surface area contributed by atoms with Crippen molar-refractivity contribution >= 4 is 40.9 Å². The largest absolute Gasteiger partial charge is 0.478 e. The molecule has 9 nitrogen and oxygen atoms in total. The van der Waals surface area contributed by atoms with Crippen LogP contribution in [0.25, 0.3) is 5.65 Å². The van der Waals surface area contributed by atoms with Gasteiger partial charge in [0.2, 0.25) is 5.91 Å². The summed E-state index contributed by atoms with van der Waals surface area (Å²) < 4.78 is 1.73. The Labute approximate surface area is 150 Å². The lowest BCUT2D eigenvalue weighted by molar-refractivity contribution is -0.113. The van der Waals surface area contributed by atoms with E-state index in [-0.39, 0.29) is 22.6 Å². The van der Waals surface area contributed by atoms with Gasteiger partial charge >= 0.3 is 11.9 Å². The fraction of sp³-hybridized carbons (Fsp3) is 0.0625. The molecule has 26 heavy (non-hydrogen) atoms. The van der Waals surface area contributed by atoms with Gasteiger partial charge in [-0.05, 0) is 30.3 Å². The van der Waals surface area contributed by atoms with Crippen molar-refractivity contribution in [1.82, 2.24) is 14.6 Å². The number of hydrogen-bond donors (Lipinski definition) is 3. The Morgan fingerprint density at radius 3 is 2.38 bits per heavy atom. The zero-order valence-corrected chi connectivity index (χ0v) is 13.9. The minimum atomic E-state index is -1.28. The average molecular weight is 372 g/mol. The van der Waals surface area contributed by atoms with E-state index in [0.29, 0.717) is 10.8 Å². The van der Waals surface area contributed by atoms with Crippen LogP contribution in [0.1, 0.15) is 20.7 Å². The van der Waals surface area contributed by atoms with Gasteiger partial charge in [0.25, 0.3) is 0 Å². The van der Waals surface area contributed by atoms with Gasteiger partial charge in [0, 0.05) is 11.9 Å². The number of carboxylic acid groups (broad SMARTS) is 2. The quantitative estimate of drug-likeness (QED) is 0.558. The third kappa shape index (κ3) is 3.81. The van der Waals surface area contributed by atoms with Gasteiger partial charge in [-0.3, -0.25) is 9.20 Å². The number of amides is 1. The van der Waals surface area contributed by atoms with Gasteiger partial charge in [-0.1, -0.05) is 17.8 Å². The number of thioether (sulfide) groups is 1. The molecular formula is C16H12N4O5S. The van der Waals surface area contributed by atoms with Crippen molar-refractivity contribution in [2.24, 2.45) is 0 Å². The molecule has 10 heteroatoms. The van der Waals surface area contributed by atoms with Crippen LogP contribution in [0.15, 0.2) is 47.8 Å². The van der Waals surface area contributed by atoms with E-state index in [2.05, 4.69) is 15.5 Å². The van der Waals surface area contributed by atoms with Gasteiger partial charge in [-0.25, -0.2) is 9.59 Å². The number of benzene rings is 1. The molecule has 3 N–H and O–H groups in total. The monoisotopic (exact) mass is 372 g/mol. The summed E-state index contributed by atoms with van der Waals surface area (Å²) in [5.41, 5.74) is 0.294. The van der Waals surface area contributed by atoms with Crippen LogP contribution in [0.2, 0.25) is 0 Å². The number of aromatic carboxylic acids is 2. The van der Waals surface area contributed by atoms with Gasteiger partial charge in [0.05, 0.1) is 16.9 Å². The van der Waals surface area contributed by atoms with E-state index in [4.69, 9.17) is 10.2 Å². The number of rotatable bonds is 6. The summed E-state index contributed by atoms with van der Waals surface area (Å²) in [5, 5.41) is 29.1. The summed E-state index contributed by atoms with van der Waals surface area (Å²) >= 11 is 1.15. The van der Waals surface area contributed by atoms with Crippen LogP contribution in [0, 0.1) is 0 Å². The van der Waals surface area contributed by atoms with Crippen LogP contribution in [-0.4, -0.2) is 48.4 Å². The Morgan fingerprint density at radius 1 is 1.04 bits per heavy atom. The van der Waals surface area contributed by atoms with E-state index in [1.165, 1.54) is 12.1 Å². The number of pyridine rings is 1. The number of hydrogen-bond acceptors (Lipinski definition) is 6. The van der Waals surface area contributed by atoms with Crippen molar-refractivity contribution in [1.29, 1.82) is 0 Å². The van der Waals surface area contributed by atoms with E-state index in [0.717, 1.165) is 17.8 Å². The Hall–Kier alpha value is -3.40. The van der Waals surface area contributed by atoms with Crippen LogP contribution >= 0.6 is 11.8 Å². The molecule has 0 unspecified atom stereocenters. The zero-order valence-electron chi connectivity index (χ0n) is 13.1. The number of fused-ring (bicyclic) bond motifs is 1. The third-order valence-electron chi connectivity index (χ3n) is 3.33. The highest BCUT2D eigenvalue weighted by molar-refractivity contribution is 7.99. The zero-order chi connectivity index (χ0) is 18.7. The molecule has 1 aromatic carbocycles. The molecule has 2 heterocycles. The minimum Gasteiger partial charge on any atom is -0.478 e. The van der Waals surface area contributed by atoms with Crippen molar-refractivity contribution in [3.63, 3.8) is 0 Å². The van der Waals surface area contributed by atoms with Gasteiger partial charge in [-0.15, -0.1) is 10.2 Å². The maximum absolute atomic E-state index is 12.1. The molecule has 0 saturated carbocycles. The molecule has 0 aliphatic rings. The van der Waals surface area contributed by atoms with E-state index < -0.39 is 17.8 Å². The molecule has 2 aromatic heterocycles. The Morgan fingerprint density at radius 2 is 1.73 bits per heavy atom. The minimum absolute atomic E-state index is 0.00457. The topological polar surface area (TPSA) is 134 Å². The molecule has 0 aliphatic heterocycles. The highest BCUT2D eigenvalue weighted by atomic mass is 32.2. The fourth-order valence-corrected chi connectivity index (χ4v) is 2.92. The number of carboxylic acids is 2. The lowest BCUT2D eigenvalue weighted by Crippen LogP contribution is -2.15. The number of anilines is 1. The van der Waals surface area contributed by atoms with E-state index in [9.17, 15) is 14.4 Å². The van der Waals surface area contributed by atoms with E-state index >= 15 is 0 Å². The predicted octanol–water partition coefficient (Wildman–Crippen LogP) is 1.86. The maximum Gasteiger partial charge on any atom is 0.335 e. The van der Waals surface area contributed by atoms with Crippen LogP contribution < -0.4 is 5.32 Å². The average Bonchev–Trinajstić information content (AvgIpc) is 3.03. The first-order chi connectivity index (χ1) is 12.4. The molecule has 0 spiro atoms. The summed E-state index contributed by atoms with van der Waals surface area (Å²) in [7, 11) is 0. The molecule has 0 saturated heterocycles. The van der Waals surface area contributed by atoms with Crippen LogP contribution in [0.3, 0.4) is 0 Å². The molecule has 0 radical (unpaired) electrons. The van der Waals surface area contributed by atoms with Crippen LogP contribution in [0.5, 0.6) is 0 Å². The van der Waals surface area contributed by atoms with E-state index in [1.54, 1.807) is 16.7 Å². The van der Waals surface area contributed by atoms with Crippen molar-refractivity contribution < 1.29 is 24.6 Å². The highest BCUT2D eigenvalue weighted by Crippen LogP contribution is 2.19. The Bertz CT molecular complexity index is 985. The summed E-state index contributed by atoms with van der Waals surface area (Å²) in [6.07, 6.45) is 1.77. The molecule has 3 rings (SSSR count). The SMILES string of the molecule is O=C(CSc1nnc2ccccn12)Nc1cc(C(=O)O)cc(C(=O)O)c1. The smallest absolute Gasteiger partial charge is 0.335 e. The molecule has 3 aromatic rings. The van der Waals surface area contributed by atoms with Gasteiger partial charge < -0.3 is 15.5 Å². The molecule has 0 fully saturated rings. The normalized spacial score (nSPS) is 10.6. The molecule has 132 valence electrons. The maximum atomic E-state index is 12.1. The number of nitrogens with zero attached hydrogens (tertiary/aromatic N) is 3. The van der Waals surface area contributed by atoms with Crippen molar-refractivity contribution in [2.45, 2.75) is 5.16 Å². The van der Waals surface area contributed by atoms with Gasteiger partial charge in [-0.2, -0.15) is 0 Å². The second-order valence-electron chi connectivity index (χ2n) is 5.16. The molecule has 0 atom stereocenters. The van der Waals surface area contributed by atoms with Gasteiger partial charge in [0.1, 0.15) is 0 Å². The predicted molar refractivity (Wildman–Crippen MR) is 92.7 cm³/mol.